The summed E-state index contributed by atoms with van der Waals surface area (Å²) in [5, 5.41) is 23.6. The number of alkyl halides is 3. The molecule has 0 spiro atoms. The minimum atomic E-state index is -6.09. The van der Waals surface area contributed by atoms with Crippen molar-refractivity contribution in [3.05, 3.63) is 60.4 Å². The SMILES string of the molecule is CC(C)OC(=O)[C@H](C)NP(=O)(OC[C@H]1O[C@@H]([n+]2cccc(C(N)=O)c2)[C@H](O)[C@@H]1O)Oc1ccccc1.O=S(=O)([O-])C(F)(F)F. The van der Waals surface area contributed by atoms with Crippen molar-refractivity contribution in [3.63, 3.8) is 0 Å². The third kappa shape index (κ3) is 10.8. The molecule has 6 atom stereocenters. The highest BCUT2D eigenvalue weighted by molar-refractivity contribution is 7.86. The molecule has 1 aromatic heterocycles. The van der Waals surface area contributed by atoms with Crippen molar-refractivity contribution in [1.82, 2.24) is 5.09 Å². The van der Waals surface area contributed by atoms with Crippen molar-refractivity contribution in [2.45, 2.75) is 63.0 Å². The summed E-state index contributed by atoms with van der Waals surface area (Å²) in [5.41, 5.74) is -0.163. The van der Waals surface area contributed by atoms with Gasteiger partial charge in [0.1, 0.15) is 29.6 Å². The number of carbonyl (C=O) groups is 2. The Hall–Kier alpha value is -3.16. The van der Waals surface area contributed by atoms with Crippen LogP contribution in [-0.4, -0.2) is 77.6 Å². The second-order valence-electron chi connectivity index (χ2n) is 9.38. The van der Waals surface area contributed by atoms with Gasteiger partial charge in [-0.1, -0.05) is 18.2 Å². The van der Waals surface area contributed by atoms with E-state index in [9.17, 15) is 37.5 Å². The molecule has 1 aliphatic heterocycles. The third-order valence-corrected chi connectivity index (χ3v) is 7.67. The average Bonchev–Trinajstić information content (AvgIpc) is 3.20. The van der Waals surface area contributed by atoms with Crippen molar-refractivity contribution in [3.8, 4) is 5.75 Å². The van der Waals surface area contributed by atoms with Crippen LogP contribution in [0.5, 0.6) is 5.75 Å². The molecule has 5 N–H and O–H groups in total. The summed E-state index contributed by atoms with van der Waals surface area (Å²) < 4.78 is 95.9. The van der Waals surface area contributed by atoms with Gasteiger partial charge >= 0.3 is 19.2 Å². The molecule has 44 heavy (non-hydrogen) atoms. The molecule has 1 aromatic carbocycles. The second kappa shape index (κ2) is 15.2. The number of aliphatic hydroxyl groups excluding tert-OH is 2. The molecule has 246 valence electrons. The summed E-state index contributed by atoms with van der Waals surface area (Å²) in [7, 11) is -10.3. The maximum Gasteiger partial charge on any atom is 0.485 e. The molecule has 0 bridgehead atoms. The molecular weight excluding hydrogens is 642 g/mol. The first-order chi connectivity index (χ1) is 20.2. The quantitative estimate of drug-likeness (QED) is 0.0855. The number of halogens is 3. The third-order valence-electron chi connectivity index (χ3n) is 5.46. The minimum Gasteiger partial charge on any atom is -0.741 e. The Bertz CT molecular complexity index is 1430. The number of nitrogens with zero attached hydrogens (tertiary/aromatic N) is 1. The fourth-order valence-electron chi connectivity index (χ4n) is 3.42. The maximum atomic E-state index is 13.6. The summed E-state index contributed by atoms with van der Waals surface area (Å²) in [4.78, 5) is 23.8. The standard InChI is InChI=1S/C23H30N3O9P.CHF3O3S/c1-14(2)33-23(30)15(3)25-36(31,35-17-9-5-4-6-10-17)32-13-18-19(27)20(28)22(34-18)26-11-7-8-16(12-26)21(24)29;2-1(3,4)8(5,6)7/h4-12,14-15,18-20,22,27-28H,13H2,1-3H3,(H2-,24,25,29,31);(H,5,6,7)/t15-,18+,19+,20+,22+,36?;/m0./s1. The largest absolute Gasteiger partial charge is 0.741 e. The van der Waals surface area contributed by atoms with Gasteiger partial charge in [0, 0.05) is 6.07 Å². The lowest BCUT2D eigenvalue weighted by atomic mass is 10.1. The number of aromatic nitrogens is 1. The molecule has 1 aliphatic rings. The number of para-hydroxylation sites is 1. The van der Waals surface area contributed by atoms with Gasteiger partial charge in [-0.15, -0.1) is 0 Å². The van der Waals surface area contributed by atoms with Crippen LogP contribution >= 0.6 is 7.75 Å². The number of primary amides is 1. The zero-order valence-electron chi connectivity index (χ0n) is 23.4. The van der Waals surface area contributed by atoms with Gasteiger partial charge in [0.2, 0.25) is 0 Å². The van der Waals surface area contributed by atoms with Gasteiger partial charge in [0.15, 0.2) is 28.6 Å². The van der Waals surface area contributed by atoms with Crippen molar-refractivity contribution in [2.75, 3.05) is 6.61 Å². The highest BCUT2D eigenvalue weighted by Gasteiger charge is 2.49. The molecule has 15 nitrogen and oxygen atoms in total. The van der Waals surface area contributed by atoms with Gasteiger partial charge in [0.25, 0.3) is 12.1 Å². The topological polar surface area (TPSA) is 228 Å². The number of ether oxygens (including phenoxy) is 2. The molecular formula is C24H31F3N3O12PS. The number of amides is 1. The first-order valence-electron chi connectivity index (χ1n) is 12.6. The Kier molecular flexibility index (Phi) is 12.8. The molecule has 3 rings (SSSR count). The number of hydrogen-bond acceptors (Lipinski definition) is 12. The van der Waals surface area contributed by atoms with E-state index in [1.54, 1.807) is 44.2 Å². The first-order valence-corrected chi connectivity index (χ1v) is 15.5. The predicted molar refractivity (Wildman–Crippen MR) is 141 cm³/mol. The van der Waals surface area contributed by atoms with Crippen molar-refractivity contribution in [2.24, 2.45) is 5.73 Å². The summed E-state index contributed by atoms with van der Waals surface area (Å²) in [6.45, 7) is 4.34. The molecule has 0 radical (unpaired) electrons. The average molecular weight is 674 g/mol. The number of nitrogens with two attached hydrogens (primary N) is 1. The van der Waals surface area contributed by atoms with Gasteiger partial charge < -0.3 is 34.5 Å². The minimum absolute atomic E-state index is 0.176. The Labute approximate surface area is 250 Å². The van der Waals surface area contributed by atoms with Crippen LogP contribution in [0, 0.1) is 0 Å². The Morgan fingerprint density at radius 2 is 1.73 bits per heavy atom. The summed E-state index contributed by atoms with van der Waals surface area (Å²) in [5.74, 6) is -1.13. The van der Waals surface area contributed by atoms with Crippen LogP contribution in [0.4, 0.5) is 13.2 Å². The number of hydrogen-bond donors (Lipinski definition) is 4. The van der Waals surface area contributed by atoms with E-state index in [1.807, 2.05) is 0 Å². The summed E-state index contributed by atoms with van der Waals surface area (Å²) in [6.07, 6.45) is -2.50. The van der Waals surface area contributed by atoms with Crippen LogP contribution in [0.1, 0.15) is 37.4 Å². The number of esters is 1. The fourth-order valence-corrected chi connectivity index (χ4v) is 4.92. The van der Waals surface area contributed by atoms with Gasteiger partial charge in [-0.05, 0) is 39.0 Å². The fraction of sp³-hybridized carbons (Fsp3) is 0.458. The lowest BCUT2D eigenvalue weighted by Crippen LogP contribution is -2.46. The van der Waals surface area contributed by atoms with E-state index in [0.717, 1.165) is 0 Å². The Balaban J connectivity index is 0.000000742. The summed E-state index contributed by atoms with van der Waals surface area (Å²) >= 11 is 0. The van der Waals surface area contributed by atoms with Crippen molar-refractivity contribution >= 4 is 29.7 Å². The highest BCUT2D eigenvalue weighted by atomic mass is 32.2. The molecule has 0 saturated carbocycles. The van der Waals surface area contributed by atoms with Crippen LogP contribution in [0.2, 0.25) is 0 Å². The van der Waals surface area contributed by atoms with E-state index in [4.69, 9.17) is 37.2 Å². The Morgan fingerprint density at radius 1 is 1.14 bits per heavy atom. The molecule has 2 heterocycles. The van der Waals surface area contributed by atoms with Crippen molar-refractivity contribution < 1.29 is 73.6 Å². The molecule has 20 heteroatoms. The van der Waals surface area contributed by atoms with Crippen LogP contribution in [0.3, 0.4) is 0 Å². The monoisotopic (exact) mass is 673 g/mol. The van der Waals surface area contributed by atoms with E-state index in [1.165, 1.54) is 36.0 Å². The van der Waals surface area contributed by atoms with Gasteiger partial charge in [0.05, 0.1) is 12.7 Å². The smallest absolute Gasteiger partial charge is 0.485 e. The van der Waals surface area contributed by atoms with Crippen LogP contribution in [0.25, 0.3) is 0 Å². The number of nitrogens with one attached hydrogen (secondary N) is 1. The van der Waals surface area contributed by atoms with Crippen molar-refractivity contribution in [1.29, 1.82) is 0 Å². The zero-order chi connectivity index (χ0) is 33.5. The lowest BCUT2D eigenvalue weighted by molar-refractivity contribution is -0.765. The molecule has 1 unspecified atom stereocenters. The first kappa shape index (κ1) is 37.0. The van der Waals surface area contributed by atoms with E-state index in [0.29, 0.717) is 0 Å². The molecule has 1 saturated heterocycles. The Morgan fingerprint density at radius 3 is 2.25 bits per heavy atom. The molecule has 2 aromatic rings. The van der Waals surface area contributed by atoms with E-state index >= 15 is 0 Å². The van der Waals surface area contributed by atoms with E-state index in [2.05, 4.69) is 5.09 Å². The normalized spacial score (nSPS) is 22.3. The van der Waals surface area contributed by atoms with Crippen LogP contribution in [-0.2, 0) is 33.5 Å². The van der Waals surface area contributed by atoms with Gasteiger partial charge in [-0.3, -0.25) is 14.1 Å². The van der Waals surface area contributed by atoms with Crippen LogP contribution < -0.4 is 19.9 Å². The zero-order valence-corrected chi connectivity index (χ0v) is 25.1. The number of benzene rings is 1. The molecule has 0 aliphatic carbocycles. The number of aliphatic hydroxyl groups is 2. The number of rotatable bonds is 11. The lowest BCUT2D eigenvalue weighted by Gasteiger charge is -2.24. The van der Waals surface area contributed by atoms with Crippen LogP contribution in [0.15, 0.2) is 54.9 Å². The van der Waals surface area contributed by atoms with E-state index in [-0.39, 0.29) is 17.4 Å². The van der Waals surface area contributed by atoms with Gasteiger partial charge in [-0.25, -0.2) is 13.0 Å². The summed E-state index contributed by atoms with van der Waals surface area (Å²) in [6, 6.07) is 10.2. The number of pyridine rings is 1. The highest BCUT2D eigenvalue weighted by Crippen LogP contribution is 2.45. The number of carbonyl (C=O) groups excluding carboxylic acids is 2. The van der Waals surface area contributed by atoms with Gasteiger partial charge in [-0.2, -0.15) is 22.8 Å². The molecule has 1 fully saturated rings. The maximum absolute atomic E-state index is 13.6. The second-order valence-corrected chi connectivity index (χ2v) is 12.4. The van der Waals surface area contributed by atoms with E-state index < -0.39 is 72.4 Å². The predicted octanol–water partition coefficient (Wildman–Crippen LogP) is 0.877. The molecule has 1 amide bonds.